The van der Waals surface area contributed by atoms with Crippen molar-refractivity contribution in [2.45, 2.75) is 51.3 Å². The van der Waals surface area contributed by atoms with Gasteiger partial charge in [-0.1, -0.05) is 42.5 Å². The van der Waals surface area contributed by atoms with Gasteiger partial charge in [-0.25, -0.2) is 18.2 Å². The number of sulfonamides is 1. The summed E-state index contributed by atoms with van der Waals surface area (Å²) in [5.74, 6) is -0.487. The van der Waals surface area contributed by atoms with Crippen LogP contribution in [0.5, 0.6) is 5.75 Å². The Hall–Kier alpha value is -4.81. The molecule has 0 fully saturated rings. The molecule has 0 unspecified atom stereocenters. The number of carbonyl (C=O) groups is 2. The fourth-order valence-electron chi connectivity index (χ4n) is 4.39. The molecule has 45 heavy (non-hydrogen) atoms. The molecule has 0 aliphatic rings. The van der Waals surface area contributed by atoms with Crippen molar-refractivity contribution in [2.24, 2.45) is 0 Å². The highest BCUT2D eigenvalue weighted by Crippen LogP contribution is 2.26. The van der Waals surface area contributed by atoms with Gasteiger partial charge in [-0.3, -0.25) is 14.7 Å². The number of carboxylic acids is 1. The number of anilines is 1. The van der Waals surface area contributed by atoms with Gasteiger partial charge < -0.3 is 14.6 Å². The van der Waals surface area contributed by atoms with Gasteiger partial charge in [-0.15, -0.1) is 0 Å². The highest BCUT2D eigenvalue weighted by Gasteiger charge is 2.28. The maximum atomic E-state index is 13.8. The molecule has 4 aromatic rings. The number of nitrogens with zero attached hydrogens (tertiary/aromatic N) is 4. The number of benzene rings is 2. The van der Waals surface area contributed by atoms with Crippen molar-refractivity contribution < 1.29 is 32.6 Å². The van der Waals surface area contributed by atoms with E-state index < -0.39 is 34.2 Å². The van der Waals surface area contributed by atoms with Crippen molar-refractivity contribution in [3.63, 3.8) is 0 Å². The molecule has 11 nitrogen and oxygen atoms in total. The van der Waals surface area contributed by atoms with Crippen LogP contribution < -0.4 is 9.64 Å². The van der Waals surface area contributed by atoms with Gasteiger partial charge in [0.2, 0.25) is 10.0 Å². The molecule has 4 rings (SSSR count). The number of aliphatic carboxylic acids is 1. The fourth-order valence-corrected chi connectivity index (χ4v) is 5.75. The molecule has 2 heterocycles. The predicted octanol–water partition coefficient (Wildman–Crippen LogP) is 5.76. The van der Waals surface area contributed by atoms with Crippen molar-refractivity contribution >= 4 is 27.9 Å². The summed E-state index contributed by atoms with van der Waals surface area (Å²) in [6.45, 7) is 6.62. The van der Waals surface area contributed by atoms with Crippen LogP contribution in [-0.2, 0) is 32.6 Å². The standard InChI is InChI=1S/C33H36N4O7S/c1-5-43-28-11-6-9-26(19-28)25-16-14-24(15-17-25)21-36(45(41,42)29-12-8-18-34-20-29)22-27-10-7-13-30(35-27)37(23-31(38)39)32(40)44-33(2,3)4/h6-20H,5,21-23H2,1-4H3,(H,38,39). The van der Waals surface area contributed by atoms with Crippen molar-refractivity contribution in [3.05, 3.63) is 103 Å². The maximum Gasteiger partial charge on any atom is 0.416 e. The Bertz CT molecular complexity index is 1720. The van der Waals surface area contributed by atoms with Crippen LogP contribution in [-0.4, -0.2) is 58.6 Å². The summed E-state index contributed by atoms with van der Waals surface area (Å²) in [6, 6.07) is 22.9. The summed E-state index contributed by atoms with van der Waals surface area (Å²) in [6.07, 6.45) is 1.88. The van der Waals surface area contributed by atoms with Crippen molar-refractivity contribution in [2.75, 3.05) is 18.1 Å². The van der Waals surface area contributed by atoms with E-state index in [2.05, 4.69) is 9.97 Å². The lowest BCUT2D eigenvalue weighted by atomic mass is 10.0. The summed E-state index contributed by atoms with van der Waals surface area (Å²) in [4.78, 5) is 33.8. The van der Waals surface area contributed by atoms with Crippen LogP contribution in [0.15, 0.2) is 96.2 Å². The first kappa shape index (κ1) is 33.1. The van der Waals surface area contributed by atoms with Crippen LogP contribution in [0.4, 0.5) is 10.6 Å². The minimum atomic E-state index is -4.05. The van der Waals surface area contributed by atoms with Crippen LogP contribution >= 0.6 is 0 Å². The molecule has 1 N–H and O–H groups in total. The molecule has 236 valence electrons. The summed E-state index contributed by atoms with van der Waals surface area (Å²) in [7, 11) is -4.05. The monoisotopic (exact) mass is 632 g/mol. The van der Waals surface area contributed by atoms with E-state index >= 15 is 0 Å². The number of carboxylic acid groups (broad SMARTS) is 1. The highest BCUT2D eigenvalue weighted by atomic mass is 32.2. The van der Waals surface area contributed by atoms with Gasteiger partial charge in [0.1, 0.15) is 28.6 Å². The molecule has 0 radical (unpaired) electrons. The molecule has 0 spiro atoms. The minimum absolute atomic E-state index is 0.00627. The molecule has 0 atom stereocenters. The van der Waals surface area contributed by atoms with Gasteiger partial charge in [-0.2, -0.15) is 4.31 Å². The molecule has 12 heteroatoms. The van der Waals surface area contributed by atoms with Crippen LogP contribution in [0.1, 0.15) is 39.0 Å². The Morgan fingerprint density at radius 3 is 2.29 bits per heavy atom. The molecule has 0 saturated carbocycles. The normalized spacial score (nSPS) is 11.7. The second-order valence-electron chi connectivity index (χ2n) is 11.1. The molecule has 0 aliphatic heterocycles. The number of aromatic nitrogens is 2. The highest BCUT2D eigenvalue weighted by molar-refractivity contribution is 7.89. The first-order valence-electron chi connectivity index (χ1n) is 14.3. The second kappa shape index (κ2) is 14.3. The Kier molecular flexibility index (Phi) is 10.5. The van der Waals surface area contributed by atoms with Gasteiger partial charge in [0.15, 0.2) is 0 Å². The lowest BCUT2D eigenvalue weighted by molar-refractivity contribution is -0.135. The third kappa shape index (κ3) is 9.10. The van der Waals surface area contributed by atoms with Gasteiger partial charge in [0, 0.05) is 18.9 Å². The number of amides is 1. The third-order valence-electron chi connectivity index (χ3n) is 6.38. The van der Waals surface area contributed by atoms with Gasteiger partial charge in [-0.05, 0) is 80.8 Å². The smallest absolute Gasteiger partial charge is 0.416 e. The quantitative estimate of drug-likeness (QED) is 0.207. The van der Waals surface area contributed by atoms with Crippen molar-refractivity contribution in [1.29, 1.82) is 0 Å². The van der Waals surface area contributed by atoms with Crippen LogP contribution in [0, 0.1) is 0 Å². The van der Waals surface area contributed by atoms with Gasteiger partial charge in [0.25, 0.3) is 0 Å². The zero-order chi connectivity index (χ0) is 32.6. The third-order valence-corrected chi connectivity index (χ3v) is 8.15. The van der Waals surface area contributed by atoms with E-state index in [0.717, 1.165) is 27.3 Å². The first-order valence-corrected chi connectivity index (χ1v) is 15.7. The molecular weight excluding hydrogens is 596 g/mol. The number of hydrogen-bond donors (Lipinski definition) is 1. The van der Waals surface area contributed by atoms with Crippen molar-refractivity contribution in [1.82, 2.24) is 14.3 Å². The first-order chi connectivity index (χ1) is 21.4. The van der Waals surface area contributed by atoms with Crippen molar-refractivity contribution in [3.8, 4) is 16.9 Å². The lowest BCUT2D eigenvalue weighted by Gasteiger charge is -2.26. The van der Waals surface area contributed by atoms with E-state index in [-0.39, 0.29) is 23.8 Å². The van der Waals surface area contributed by atoms with Crippen LogP contribution in [0.2, 0.25) is 0 Å². The Balaban J connectivity index is 1.65. The zero-order valence-corrected chi connectivity index (χ0v) is 26.4. The molecular formula is C33H36N4O7S. The summed E-state index contributed by atoms with van der Waals surface area (Å²) >= 11 is 0. The average Bonchev–Trinajstić information content (AvgIpc) is 3.00. The van der Waals surface area contributed by atoms with Crippen LogP contribution in [0.3, 0.4) is 0 Å². The maximum absolute atomic E-state index is 13.8. The van der Waals surface area contributed by atoms with Crippen LogP contribution in [0.25, 0.3) is 11.1 Å². The average molecular weight is 633 g/mol. The Morgan fingerprint density at radius 2 is 1.64 bits per heavy atom. The largest absolute Gasteiger partial charge is 0.494 e. The van der Waals surface area contributed by atoms with Gasteiger partial charge in [0.05, 0.1) is 18.8 Å². The zero-order valence-electron chi connectivity index (χ0n) is 25.6. The molecule has 1 amide bonds. The topological polar surface area (TPSA) is 139 Å². The lowest BCUT2D eigenvalue weighted by Crippen LogP contribution is -2.40. The number of rotatable bonds is 12. The van der Waals surface area contributed by atoms with E-state index in [1.54, 1.807) is 39.0 Å². The van der Waals surface area contributed by atoms with E-state index in [1.165, 1.54) is 28.8 Å². The minimum Gasteiger partial charge on any atom is -0.494 e. The number of pyridine rings is 2. The fraction of sp³-hybridized carbons (Fsp3) is 0.273. The SMILES string of the molecule is CCOc1cccc(-c2ccc(CN(Cc3cccc(N(CC(=O)O)C(=O)OC(C)(C)C)n3)S(=O)(=O)c3cccnc3)cc2)c1. The Morgan fingerprint density at radius 1 is 0.911 bits per heavy atom. The molecule has 2 aromatic carbocycles. The number of ether oxygens (including phenoxy) is 2. The van der Waals surface area contributed by atoms with Gasteiger partial charge >= 0.3 is 12.1 Å². The summed E-state index contributed by atoms with van der Waals surface area (Å²) in [5, 5.41) is 9.46. The van der Waals surface area contributed by atoms with E-state index in [0.29, 0.717) is 12.3 Å². The molecule has 0 bridgehead atoms. The summed E-state index contributed by atoms with van der Waals surface area (Å²) in [5.41, 5.74) is 2.05. The Labute approximate surface area is 263 Å². The van der Waals surface area contributed by atoms with E-state index in [9.17, 15) is 23.1 Å². The number of hydrogen-bond acceptors (Lipinski definition) is 8. The number of carbonyl (C=O) groups excluding carboxylic acids is 1. The molecule has 0 saturated heterocycles. The van der Waals surface area contributed by atoms with E-state index in [1.807, 2.05) is 55.5 Å². The predicted molar refractivity (Wildman–Crippen MR) is 169 cm³/mol. The summed E-state index contributed by atoms with van der Waals surface area (Å²) < 4.78 is 39.9. The molecule has 2 aromatic heterocycles. The van der Waals surface area contributed by atoms with E-state index in [4.69, 9.17) is 9.47 Å². The second-order valence-corrected chi connectivity index (χ2v) is 13.0. The molecule has 0 aliphatic carbocycles.